The first-order chi connectivity index (χ1) is 13.7. The van der Waals surface area contributed by atoms with Gasteiger partial charge in [0.15, 0.2) is 0 Å². The summed E-state index contributed by atoms with van der Waals surface area (Å²) in [5.74, 6) is 0.466. The number of carbonyl (C=O) groups excluding carboxylic acids is 1. The number of nitriles is 1. The van der Waals surface area contributed by atoms with E-state index in [1.807, 2.05) is 54.6 Å². The number of H-pyrrole nitrogens is 1. The highest BCUT2D eigenvalue weighted by Gasteiger charge is 2.20. The van der Waals surface area contributed by atoms with Gasteiger partial charge in [-0.25, -0.2) is 4.98 Å². The zero-order valence-corrected chi connectivity index (χ0v) is 15.1. The fourth-order valence-corrected chi connectivity index (χ4v) is 3.17. The van der Waals surface area contributed by atoms with Crippen LogP contribution in [-0.4, -0.2) is 15.9 Å². The molecule has 1 atom stereocenters. The first-order valence-corrected chi connectivity index (χ1v) is 9.02. The van der Waals surface area contributed by atoms with Gasteiger partial charge < -0.3 is 10.3 Å². The molecule has 0 unspecified atom stereocenters. The molecule has 4 rings (SSSR count). The number of carbonyl (C=O) groups is 1. The fourth-order valence-electron chi connectivity index (χ4n) is 3.17. The van der Waals surface area contributed by atoms with Crippen molar-refractivity contribution in [1.82, 2.24) is 15.3 Å². The number of para-hydroxylation sites is 2. The number of fused-ring (bicyclic) bond motifs is 1. The van der Waals surface area contributed by atoms with Crippen LogP contribution in [0.15, 0.2) is 78.9 Å². The number of hydrogen-bond donors (Lipinski definition) is 2. The van der Waals surface area contributed by atoms with Gasteiger partial charge in [-0.2, -0.15) is 5.26 Å². The molecule has 28 heavy (non-hydrogen) atoms. The number of benzene rings is 3. The summed E-state index contributed by atoms with van der Waals surface area (Å²) in [7, 11) is 0. The molecule has 1 heterocycles. The maximum atomic E-state index is 12.8. The quantitative estimate of drug-likeness (QED) is 0.557. The average molecular weight is 366 g/mol. The topological polar surface area (TPSA) is 81.6 Å². The number of aromatic amines is 1. The maximum absolute atomic E-state index is 12.8. The Morgan fingerprint density at radius 2 is 1.82 bits per heavy atom. The summed E-state index contributed by atoms with van der Waals surface area (Å²) in [5.41, 5.74) is 3.79. The summed E-state index contributed by atoms with van der Waals surface area (Å²) in [6, 6.07) is 26.2. The molecule has 0 aliphatic rings. The number of imidazole rings is 1. The molecule has 0 aliphatic carbocycles. The van der Waals surface area contributed by atoms with Gasteiger partial charge in [-0.1, -0.05) is 48.5 Å². The van der Waals surface area contributed by atoms with Crippen LogP contribution >= 0.6 is 0 Å². The van der Waals surface area contributed by atoms with Crippen LogP contribution in [0.4, 0.5) is 0 Å². The van der Waals surface area contributed by atoms with E-state index in [4.69, 9.17) is 5.26 Å². The summed E-state index contributed by atoms with van der Waals surface area (Å²) in [5, 5.41) is 12.2. The number of rotatable bonds is 5. The molecular formula is C23H18N4O. The van der Waals surface area contributed by atoms with Crippen molar-refractivity contribution in [2.24, 2.45) is 0 Å². The summed E-state index contributed by atoms with van der Waals surface area (Å²) in [4.78, 5) is 20.8. The van der Waals surface area contributed by atoms with E-state index in [1.54, 1.807) is 24.3 Å². The van der Waals surface area contributed by atoms with Crippen molar-refractivity contribution >= 4 is 16.9 Å². The van der Waals surface area contributed by atoms with Gasteiger partial charge in [-0.15, -0.1) is 0 Å². The second kappa shape index (κ2) is 7.77. The van der Waals surface area contributed by atoms with Gasteiger partial charge in [0.05, 0.1) is 28.7 Å². The van der Waals surface area contributed by atoms with E-state index in [2.05, 4.69) is 21.4 Å². The molecular weight excluding hydrogens is 348 g/mol. The van der Waals surface area contributed by atoms with Gasteiger partial charge in [0.2, 0.25) is 0 Å². The van der Waals surface area contributed by atoms with Crippen molar-refractivity contribution in [3.63, 3.8) is 0 Å². The highest BCUT2D eigenvalue weighted by atomic mass is 16.1. The smallest absolute Gasteiger partial charge is 0.251 e. The van der Waals surface area contributed by atoms with E-state index in [9.17, 15) is 4.79 Å². The van der Waals surface area contributed by atoms with Crippen LogP contribution < -0.4 is 5.32 Å². The molecule has 0 bridgehead atoms. The van der Waals surface area contributed by atoms with E-state index < -0.39 is 0 Å². The second-order valence-electron chi connectivity index (χ2n) is 6.55. The van der Waals surface area contributed by atoms with Crippen molar-refractivity contribution in [3.05, 3.63) is 101 Å². The zero-order valence-electron chi connectivity index (χ0n) is 15.1. The lowest BCUT2D eigenvalue weighted by molar-refractivity contribution is 0.0935. The molecule has 0 saturated carbocycles. The van der Waals surface area contributed by atoms with Crippen LogP contribution in [0.1, 0.15) is 33.4 Å². The molecule has 0 fully saturated rings. The van der Waals surface area contributed by atoms with Crippen molar-refractivity contribution in [2.75, 3.05) is 0 Å². The normalized spacial score (nSPS) is 11.7. The zero-order chi connectivity index (χ0) is 19.3. The molecule has 136 valence electrons. The van der Waals surface area contributed by atoms with E-state index in [1.165, 1.54) is 0 Å². The monoisotopic (exact) mass is 366 g/mol. The summed E-state index contributed by atoms with van der Waals surface area (Å²) in [6.07, 6.45) is 0.602. The van der Waals surface area contributed by atoms with Crippen molar-refractivity contribution in [2.45, 2.75) is 12.5 Å². The minimum Gasteiger partial charge on any atom is -0.342 e. The van der Waals surface area contributed by atoms with E-state index in [-0.39, 0.29) is 11.9 Å². The summed E-state index contributed by atoms with van der Waals surface area (Å²) < 4.78 is 0. The Kier molecular flexibility index (Phi) is 4.85. The first kappa shape index (κ1) is 17.5. The Balaban J connectivity index is 1.66. The van der Waals surface area contributed by atoms with Crippen LogP contribution in [0.5, 0.6) is 0 Å². The molecule has 5 heteroatoms. The van der Waals surface area contributed by atoms with Crippen molar-refractivity contribution in [3.8, 4) is 6.07 Å². The van der Waals surface area contributed by atoms with E-state index in [0.717, 1.165) is 16.6 Å². The lowest BCUT2D eigenvalue weighted by Crippen LogP contribution is -2.30. The second-order valence-corrected chi connectivity index (χ2v) is 6.55. The number of nitrogens with zero attached hydrogens (tertiary/aromatic N) is 2. The molecule has 0 spiro atoms. The van der Waals surface area contributed by atoms with Crippen molar-refractivity contribution in [1.29, 1.82) is 5.26 Å². The number of aromatic nitrogens is 2. The van der Waals surface area contributed by atoms with Crippen LogP contribution in [0.3, 0.4) is 0 Å². The van der Waals surface area contributed by atoms with Gasteiger partial charge in [-0.05, 0) is 42.3 Å². The van der Waals surface area contributed by atoms with Gasteiger partial charge in [0.1, 0.15) is 5.82 Å². The maximum Gasteiger partial charge on any atom is 0.251 e. The Hall–Kier alpha value is -3.91. The molecule has 1 amide bonds. The Morgan fingerprint density at radius 1 is 1.04 bits per heavy atom. The molecule has 4 aromatic rings. The predicted molar refractivity (Wildman–Crippen MR) is 108 cm³/mol. The third-order valence-corrected chi connectivity index (χ3v) is 4.58. The number of hydrogen-bond acceptors (Lipinski definition) is 3. The van der Waals surface area contributed by atoms with Crippen molar-refractivity contribution < 1.29 is 4.79 Å². The highest BCUT2D eigenvalue weighted by molar-refractivity contribution is 5.94. The number of nitrogens with one attached hydrogen (secondary N) is 2. The Labute approximate surface area is 162 Å². The first-order valence-electron chi connectivity index (χ1n) is 9.02. The minimum absolute atomic E-state index is 0.238. The van der Waals surface area contributed by atoms with Gasteiger partial charge >= 0.3 is 0 Å². The fraction of sp³-hybridized carbons (Fsp3) is 0.0870. The van der Waals surface area contributed by atoms with Crippen LogP contribution in [0.25, 0.3) is 11.0 Å². The van der Waals surface area contributed by atoms with E-state index >= 15 is 0 Å². The summed E-state index contributed by atoms with van der Waals surface area (Å²) >= 11 is 0. The van der Waals surface area contributed by atoms with E-state index in [0.29, 0.717) is 23.4 Å². The largest absolute Gasteiger partial charge is 0.342 e. The standard InChI is InChI=1S/C23H18N4O/c24-15-17-9-6-10-18(13-17)23(28)27-21(14-16-7-2-1-3-8-16)22-25-19-11-4-5-12-20(19)26-22/h1-13,21H,14H2,(H,25,26)(H,27,28)/t21-/m0/s1. The third-order valence-electron chi connectivity index (χ3n) is 4.58. The number of amides is 1. The summed E-state index contributed by atoms with van der Waals surface area (Å²) in [6.45, 7) is 0. The third kappa shape index (κ3) is 3.76. The molecule has 2 N–H and O–H groups in total. The van der Waals surface area contributed by atoms with Gasteiger partial charge in [0.25, 0.3) is 5.91 Å². The highest BCUT2D eigenvalue weighted by Crippen LogP contribution is 2.20. The molecule has 1 aromatic heterocycles. The van der Waals surface area contributed by atoms with Gasteiger partial charge in [-0.3, -0.25) is 4.79 Å². The predicted octanol–water partition coefficient (Wildman–Crippen LogP) is 4.15. The average Bonchev–Trinajstić information content (AvgIpc) is 3.18. The molecule has 0 radical (unpaired) electrons. The lowest BCUT2D eigenvalue weighted by atomic mass is 10.0. The lowest BCUT2D eigenvalue weighted by Gasteiger charge is -2.17. The van der Waals surface area contributed by atoms with Crippen LogP contribution in [0, 0.1) is 11.3 Å². The van der Waals surface area contributed by atoms with Gasteiger partial charge in [0, 0.05) is 5.56 Å². The molecule has 5 nitrogen and oxygen atoms in total. The minimum atomic E-state index is -0.326. The molecule has 0 saturated heterocycles. The SMILES string of the molecule is N#Cc1cccc(C(=O)N[C@@H](Cc2ccccc2)c2nc3ccccc3[nH]2)c1. The Morgan fingerprint density at radius 3 is 2.61 bits per heavy atom. The van der Waals surface area contributed by atoms with Crippen LogP contribution in [0.2, 0.25) is 0 Å². The molecule has 3 aromatic carbocycles. The van der Waals surface area contributed by atoms with Crippen LogP contribution in [-0.2, 0) is 6.42 Å². The molecule has 0 aliphatic heterocycles. The Bertz CT molecular complexity index is 1120.